The van der Waals surface area contributed by atoms with Gasteiger partial charge in [-0.2, -0.15) is 14.2 Å². The zero-order chi connectivity index (χ0) is 17.5. The standard InChI is InChI=1S/C13H9.C5H5.2CH3O.CH2.Ti/c1-3-7-12-10(5-1)9-11-6-2-4-8-13(11)12;1-2-4-5-3-1;2*1-2;;/h1-9H;1-3H,4H2;2*1H3;1H2;/q;;2*-1;;+2. The second kappa shape index (κ2) is 9.05. The maximum absolute atomic E-state index is 8.25. The Hall–Kier alpha value is -1.58. The molecule has 2 aliphatic rings. The molecule has 2 aliphatic carbocycles. The van der Waals surface area contributed by atoms with Gasteiger partial charge in [0.25, 0.3) is 0 Å². The van der Waals surface area contributed by atoms with E-state index in [0.29, 0.717) is 4.22 Å². The van der Waals surface area contributed by atoms with E-state index in [4.69, 9.17) is 10.2 Å². The molecule has 0 heterocycles. The zero-order valence-corrected chi connectivity index (χ0v) is 15.7. The third kappa shape index (κ3) is 3.43. The van der Waals surface area contributed by atoms with Crippen LogP contribution in [-0.4, -0.2) is 19.0 Å². The third-order valence-corrected chi connectivity index (χ3v) is 8.29. The summed E-state index contributed by atoms with van der Waals surface area (Å²) in [5.74, 6) is 0. The van der Waals surface area contributed by atoms with Crippen LogP contribution in [0.3, 0.4) is 0 Å². The summed E-state index contributed by atoms with van der Waals surface area (Å²) in [4.78, 5) is 4.66. The van der Waals surface area contributed by atoms with Gasteiger partial charge in [-0.25, -0.2) is 0 Å². The van der Waals surface area contributed by atoms with Crippen molar-refractivity contribution in [2.45, 2.75) is 10.6 Å². The molecular weight excluding hydrogens is 332 g/mol. The number of benzene rings is 2. The Balaban J connectivity index is 0.000000487. The average molecular weight is 354 g/mol. The molecule has 0 atom stereocenters. The molecule has 0 bridgehead atoms. The van der Waals surface area contributed by atoms with E-state index in [1.165, 1.54) is 22.3 Å². The molecule has 2 aromatic carbocycles. The quantitative estimate of drug-likeness (QED) is 0.779. The van der Waals surface area contributed by atoms with Gasteiger partial charge in [0.15, 0.2) is 0 Å². The first-order chi connectivity index (χ1) is 11.9. The van der Waals surface area contributed by atoms with Gasteiger partial charge in [0.05, 0.1) is 0 Å². The van der Waals surface area contributed by atoms with Crippen LogP contribution in [0, 0.1) is 0 Å². The summed E-state index contributed by atoms with van der Waals surface area (Å²) >= 11 is -1.54. The molecule has 24 heavy (non-hydrogen) atoms. The molecule has 0 saturated heterocycles. The van der Waals surface area contributed by atoms with Crippen LogP contribution < -0.4 is 10.2 Å². The Morgan fingerprint density at radius 1 is 0.875 bits per heavy atom. The monoisotopic (exact) mass is 354 g/mol. The first-order valence-corrected chi connectivity index (χ1v) is 10.7. The van der Waals surface area contributed by atoms with E-state index in [9.17, 15) is 0 Å². The fourth-order valence-corrected chi connectivity index (χ4v) is 7.02. The minimum absolute atomic E-state index is 0.563. The van der Waals surface area contributed by atoms with Crippen LogP contribution in [0.4, 0.5) is 0 Å². The number of fused-ring (bicyclic) bond motifs is 3. The first-order valence-electron chi connectivity index (χ1n) is 7.91. The number of hydrogen-bond donors (Lipinski definition) is 0. The number of allylic oxidation sites excluding steroid dienone is 4. The second-order valence-electron chi connectivity index (χ2n) is 5.46. The normalized spacial score (nSPS) is 13.4. The average Bonchev–Trinajstić information content (AvgIpc) is 3.31. The van der Waals surface area contributed by atoms with Gasteiger partial charge in [0, 0.05) is 0 Å². The van der Waals surface area contributed by atoms with Gasteiger partial charge in [-0.3, -0.25) is 0 Å². The van der Waals surface area contributed by atoms with Gasteiger partial charge >= 0.3 is 126 Å². The fourth-order valence-electron chi connectivity index (χ4n) is 3.40. The summed E-state index contributed by atoms with van der Waals surface area (Å²) < 4.78 is 2.18. The van der Waals surface area contributed by atoms with Crippen LogP contribution in [0.15, 0.2) is 70.6 Å². The van der Waals surface area contributed by atoms with Crippen molar-refractivity contribution in [3.8, 4) is 11.1 Å². The van der Waals surface area contributed by atoms with Gasteiger partial charge in [-0.05, 0) is 0 Å². The minimum atomic E-state index is -1.54. The van der Waals surface area contributed by atoms with Crippen LogP contribution in [-0.2, 0) is 17.4 Å². The van der Waals surface area contributed by atoms with Crippen molar-refractivity contribution in [2.75, 3.05) is 14.2 Å². The Morgan fingerprint density at radius 2 is 1.38 bits per heavy atom. The van der Waals surface area contributed by atoms with E-state index < -0.39 is 17.4 Å². The van der Waals surface area contributed by atoms with Crippen molar-refractivity contribution < 1.29 is 27.6 Å². The van der Waals surface area contributed by atoms with Gasteiger partial charge in [0.2, 0.25) is 0 Å². The molecule has 0 aromatic heterocycles. The van der Waals surface area contributed by atoms with E-state index in [-0.39, 0.29) is 0 Å². The number of rotatable bonds is 2. The zero-order valence-electron chi connectivity index (χ0n) is 14.2. The van der Waals surface area contributed by atoms with Gasteiger partial charge in [0.1, 0.15) is 0 Å². The molecule has 0 unspecified atom stereocenters. The van der Waals surface area contributed by atoms with Crippen LogP contribution in [0.2, 0.25) is 0 Å². The molecule has 122 valence electrons. The van der Waals surface area contributed by atoms with E-state index in [1.54, 1.807) is 3.88 Å². The summed E-state index contributed by atoms with van der Waals surface area (Å²) in [5.41, 5.74) is 5.86. The molecular formula is C21H22O2Ti. The summed E-state index contributed by atoms with van der Waals surface area (Å²) in [6, 6.07) is 17.8. The Bertz CT molecular complexity index is 729. The predicted octanol–water partition coefficient (Wildman–Crippen LogP) is 2.60. The molecule has 0 saturated carbocycles. The van der Waals surface area contributed by atoms with Crippen molar-refractivity contribution in [1.82, 2.24) is 0 Å². The van der Waals surface area contributed by atoms with E-state index in [1.807, 2.05) is 0 Å². The molecule has 0 fully saturated rings. The topological polar surface area (TPSA) is 46.1 Å². The van der Waals surface area contributed by atoms with Gasteiger partial charge < -0.3 is 10.2 Å². The van der Waals surface area contributed by atoms with E-state index >= 15 is 0 Å². The number of hydrogen-bond acceptors (Lipinski definition) is 2. The Kier molecular flexibility index (Phi) is 7.07. The summed E-state index contributed by atoms with van der Waals surface area (Å²) in [7, 11) is 1.50. The summed E-state index contributed by atoms with van der Waals surface area (Å²) in [6.07, 6.45) is 7.89. The molecule has 0 aliphatic heterocycles. The van der Waals surface area contributed by atoms with Crippen LogP contribution >= 0.6 is 0 Å². The van der Waals surface area contributed by atoms with Crippen molar-refractivity contribution in [2.24, 2.45) is 0 Å². The molecule has 0 radical (unpaired) electrons. The SMILES string of the molecule is C[O-].C[O-].[CH2]=[Ti+2]([C]1=CC=CC1)[CH]1c2ccccc2-c2ccccc21. The van der Waals surface area contributed by atoms with Gasteiger partial charge in [-0.15, -0.1) is 0 Å². The second-order valence-corrected chi connectivity index (χ2v) is 9.00. The molecule has 4 rings (SSSR count). The van der Waals surface area contributed by atoms with Crippen molar-refractivity contribution >= 4 is 4.82 Å². The van der Waals surface area contributed by atoms with Crippen molar-refractivity contribution in [1.29, 1.82) is 0 Å². The van der Waals surface area contributed by atoms with Crippen molar-refractivity contribution in [3.05, 3.63) is 81.8 Å². The summed E-state index contributed by atoms with van der Waals surface area (Å²) in [5, 5.41) is 16.5. The van der Waals surface area contributed by atoms with Crippen molar-refractivity contribution in [3.63, 3.8) is 0 Å². The third-order valence-electron chi connectivity index (χ3n) is 4.37. The molecule has 0 amide bonds. The van der Waals surface area contributed by atoms with Crippen LogP contribution in [0.1, 0.15) is 21.8 Å². The van der Waals surface area contributed by atoms with E-state index in [2.05, 4.69) is 71.6 Å². The molecule has 0 spiro atoms. The van der Waals surface area contributed by atoms with Gasteiger partial charge in [-0.1, -0.05) is 0 Å². The summed E-state index contributed by atoms with van der Waals surface area (Å²) in [6.45, 7) is 0. The molecule has 0 N–H and O–H groups in total. The van der Waals surface area contributed by atoms with Crippen LogP contribution in [0.5, 0.6) is 0 Å². The maximum atomic E-state index is 8.25. The predicted molar refractivity (Wildman–Crippen MR) is 94.5 cm³/mol. The Labute approximate surface area is 150 Å². The van der Waals surface area contributed by atoms with E-state index in [0.717, 1.165) is 20.6 Å². The van der Waals surface area contributed by atoms with Crippen LogP contribution in [0.25, 0.3) is 11.1 Å². The molecule has 3 heteroatoms. The molecule has 2 nitrogen and oxygen atoms in total. The first kappa shape index (κ1) is 18.8. The fraction of sp³-hybridized carbons (Fsp3) is 0.190. The Morgan fingerprint density at radius 3 is 1.83 bits per heavy atom. The molecule has 2 aromatic rings.